The SMILES string of the molecule is CC1(C)CCCNC1CNC(=O)c1ccc[nH]c1=O. The second kappa shape index (κ2) is 5.57. The first-order chi connectivity index (χ1) is 9.00. The van der Waals surface area contributed by atoms with Crippen LogP contribution >= 0.6 is 0 Å². The van der Waals surface area contributed by atoms with Gasteiger partial charge in [0.15, 0.2) is 0 Å². The third kappa shape index (κ3) is 3.23. The lowest BCUT2D eigenvalue weighted by atomic mass is 9.77. The molecule has 2 heterocycles. The molecular formula is C14H21N3O2. The van der Waals surface area contributed by atoms with E-state index in [4.69, 9.17) is 0 Å². The van der Waals surface area contributed by atoms with Crippen molar-refractivity contribution in [3.63, 3.8) is 0 Å². The van der Waals surface area contributed by atoms with Crippen LogP contribution in [0.2, 0.25) is 0 Å². The predicted molar refractivity (Wildman–Crippen MR) is 74.2 cm³/mol. The van der Waals surface area contributed by atoms with E-state index in [9.17, 15) is 9.59 Å². The maximum atomic E-state index is 12.0. The number of aromatic nitrogens is 1. The number of aromatic amines is 1. The number of hydrogen-bond donors (Lipinski definition) is 3. The van der Waals surface area contributed by atoms with Crippen molar-refractivity contribution in [1.82, 2.24) is 15.6 Å². The molecule has 1 amide bonds. The molecule has 1 atom stereocenters. The van der Waals surface area contributed by atoms with Crippen LogP contribution in [-0.2, 0) is 0 Å². The van der Waals surface area contributed by atoms with Gasteiger partial charge < -0.3 is 15.6 Å². The Morgan fingerprint density at radius 1 is 1.53 bits per heavy atom. The van der Waals surface area contributed by atoms with Crippen LogP contribution < -0.4 is 16.2 Å². The average Bonchev–Trinajstić information content (AvgIpc) is 2.37. The highest BCUT2D eigenvalue weighted by atomic mass is 16.2. The van der Waals surface area contributed by atoms with Crippen LogP contribution in [0.1, 0.15) is 37.0 Å². The number of nitrogens with one attached hydrogen (secondary N) is 3. The molecule has 0 radical (unpaired) electrons. The Balaban J connectivity index is 1.97. The molecule has 1 fully saturated rings. The lowest BCUT2D eigenvalue weighted by Crippen LogP contribution is -2.53. The molecule has 19 heavy (non-hydrogen) atoms. The van der Waals surface area contributed by atoms with Crippen molar-refractivity contribution in [2.45, 2.75) is 32.7 Å². The summed E-state index contributed by atoms with van der Waals surface area (Å²) in [7, 11) is 0. The fraction of sp³-hybridized carbons (Fsp3) is 0.571. The summed E-state index contributed by atoms with van der Waals surface area (Å²) in [6, 6.07) is 3.43. The molecule has 1 aromatic heterocycles. The van der Waals surface area contributed by atoms with Crippen LogP contribution in [0.5, 0.6) is 0 Å². The first-order valence-electron chi connectivity index (χ1n) is 6.70. The molecule has 2 rings (SSSR count). The minimum Gasteiger partial charge on any atom is -0.350 e. The number of rotatable bonds is 3. The normalized spacial score (nSPS) is 21.9. The van der Waals surface area contributed by atoms with Crippen molar-refractivity contribution in [2.24, 2.45) is 5.41 Å². The van der Waals surface area contributed by atoms with Gasteiger partial charge in [-0.1, -0.05) is 13.8 Å². The highest BCUT2D eigenvalue weighted by molar-refractivity contribution is 5.93. The Kier molecular flexibility index (Phi) is 4.04. The van der Waals surface area contributed by atoms with Crippen molar-refractivity contribution in [3.8, 4) is 0 Å². The Bertz CT molecular complexity index is 507. The third-order valence-corrected chi connectivity index (χ3v) is 3.86. The van der Waals surface area contributed by atoms with Gasteiger partial charge in [0.2, 0.25) is 0 Å². The van der Waals surface area contributed by atoms with Gasteiger partial charge in [-0.05, 0) is 36.9 Å². The molecular weight excluding hydrogens is 242 g/mol. The zero-order valence-electron chi connectivity index (χ0n) is 11.5. The van der Waals surface area contributed by atoms with E-state index in [0.29, 0.717) is 6.54 Å². The van der Waals surface area contributed by atoms with Gasteiger partial charge in [-0.2, -0.15) is 0 Å². The van der Waals surface area contributed by atoms with Crippen LogP contribution in [0, 0.1) is 5.41 Å². The van der Waals surface area contributed by atoms with Gasteiger partial charge >= 0.3 is 0 Å². The number of amides is 1. The minimum absolute atomic E-state index is 0.161. The van der Waals surface area contributed by atoms with E-state index >= 15 is 0 Å². The molecule has 104 valence electrons. The van der Waals surface area contributed by atoms with E-state index < -0.39 is 0 Å². The average molecular weight is 263 g/mol. The van der Waals surface area contributed by atoms with E-state index in [0.717, 1.165) is 19.4 Å². The van der Waals surface area contributed by atoms with Crippen LogP contribution in [0.15, 0.2) is 23.1 Å². The fourth-order valence-corrected chi connectivity index (χ4v) is 2.51. The van der Waals surface area contributed by atoms with Gasteiger partial charge in [0.25, 0.3) is 11.5 Å². The summed E-state index contributed by atoms with van der Waals surface area (Å²) < 4.78 is 0. The van der Waals surface area contributed by atoms with E-state index in [1.54, 1.807) is 6.07 Å². The predicted octanol–water partition coefficient (Wildman–Crippen LogP) is 0.883. The molecule has 1 aliphatic heterocycles. The molecule has 0 spiro atoms. The van der Waals surface area contributed by atoms with Gasteiger partial charge in [-0.3, -0.25) is 9.59 Å². The van der Waals surface area contributed by atoms with Gasteiger partial charge in [0, 0.05) is 18.8 Å². The highest BCUT2D eigenvalue weighted by Gasteiger charge is 2.32. The standard InChI is InChI=1S/C14H21N3O2/c1-14(2)6-4-8-15-11(14)9-17-13(19)10-5-3-7-16-12(10)18/h3,5,7,11,15H,4,6,8-9H2,1-2H3,(H,16,18)(H,17,19). The molecule has 5 nitrogen and oxygen atoms in total. The lowest BCUT2D eigenvalue weighted by molar-refractivity contribution is 0.0927. The molecule has 1 unspecified atom stereocenters. The van der Waals surface area contributed by atoms with E-state index in [2.05, 4.69) is 29.5 Å². The van der Waals surface area contributed by atoms with Crippen LogP contribution in [0.3, 0.4) is 0 Å². The molecule has 0 bridgehead atoms. The Hall–Kier alpha value is -1.62. The van der Waals surface area contributed by atoms with Crippen LogP contribution in [-0.4, -0.2) is 30.0 Å². The first kappa shape index (κ1) is 13.8. The van der Waals surface area contributed by atoms with Crippen LogP contribution in [0.25, 0.3) is 0 Å². The molecule has 1 aromatic rings. The quantitative estimate of drug-likeness (QED) is 0.758. The van der Waals surface area contributed by atoms with Crippen molar-refractivity contribution >= 4 is 5.91 Å². The van der Waals surface area contributed by atoms with Crippen molar-refractivity contribution < 1.29 is 4.79 Å². The molecule has 1 aliphatic rings. The highest BCUT2D eigenvalue weighted by Crippen LogP contribution is 2.29. The largest absolute Gasteiger partial charge is 0.350 e. The molecule has 3 N–H and O–H groups in total. The Morgan fingerprint density at radius 3 is 3.00 bits per heavy atom. The van der Waals surface area contributed by atoms with Crippen molar-refractivity contribution in [2.75, 3.05) is 13.1 Å². The van der Waals surface area contributed by atoms with Crippen LogP contribution in [0.4, 0.5) is 0 Å². The maximum Gasteiger partial charge on any atom is 0.260 e. The minimum atomic E-state index is -0.351. The molecule has 0 saturated carbocycles. The summed E-state index contributed by atoms with van der Waals surface area (Å²) in [6.45, 7) is 5.92. The number of piperidine rings is 1. The van der Waals surface area contributed by atoms with E-state index in [1.807, 2.05) is 0 Å². The summed E-state index contributed by atoms with van der Waals surface area (Å²) in [5.74, 6) is -0.315. The summed E-state index contributed by atoms with van der Waals surface area (Å²) in [6.07, 6.45) is 3.83. The molecule has 5 heteroatoms. The zero-order valence-corrected chi connectivity index (χ0v) is 11.5. The maximum absolute atomic E-state index is 12.0. The molecule has 0 aliphatic carbocycles. The summed E-state index contributed by atoms with van der Waals surface area (Å²) in [4.78, 5) is 26.0. The Labute approximate surface area is 112 Å². The summed E-state index contributed by atoms with van der Waals surface area (Å²) in [5, 5.41) is 6.27. The molecule has 1 saturated heterocycles. The zero-order chi connectivity index (χ0) is 13.9. The smallest absolute Gasteiger partial charge is 0.260 e. The topological polar surface area (TPSA) is 74.0 Å². The van der Waals surface area contributed by atoms with Crippen molar-refractivity contribution in [3.05, 3.63) is 34.2 Å². The lowest BCUT2D eigenvalue weighted by Gasteiger charge is -2.39. The number of hydrogen-bond acceptors (Lipinski definition) is 3. The Morgan fingerprint density at radius 2 is 2.32 bits per heavy atom. The fourth-order valence-electron chi connectivity index (χ4n) is 2.51. The number of carbonyl (C=O) groups excluding carboxylic acids is 1. The second-order valence-corrected chi connectivity index (χ2v) is 5.72. The summed E-state index contributed by atoms with van der Waals surface area (Å²) >= 11 is 0. The van der Waals surface area contributed by atoms with Gasteiger partial charge in [0.05, 0.1) is 0 Å². The van der Waals surface area contributed by atoms with Gasteiger partial charge in [-0.25, -0.2) is 0 Å². The van der Waals surface area contributed by atoms with E-state index in [1.165, 1.54) is 12.3 Å². The van der Waals surface area contributed by atoms with Crippen molar-refractivity contribution in [1.29, 1.82) is 0 Å². The number of H-pyrrole nitrogens is 1. The third-order valence-electron chi connectivity index (χ3n) is 3.86. The second-order valence-electron chi connectivity index (χ2n) is 5.72. The van der Waals surface area contributed by atoms with E-state index in [-0.39, 0.29) is 28.5 Å². The number of carbonyl (C=O) groups is 1. The summed E-state index contributed by atoms with van der Waals surface area (Å²) in [5.41, 5.74) is -0.0266. The first-order valence-corrected chi connectivity index (χ1v) is 6.70. The monoisotopic (exact) mass is 263 g/mol. The number of pyridine rings is 1. The molecule has 0 aromatic carbocycles. The van der Waals surface area contributed by atoms with Gasteiger partial charge in [0.1, 0.15) is 5.56 Å². The van der Waals surface area contributed by atoms with Gasteiger partial charge in [-0.15, -0.1) is 0 Å².